The molecule has 1 nitrogen and oxygen atoms in total. The maximum Gasteiger partial charge on any atom is 0.257 e. The third kappa shape index (κ3) is 3.27. The Bertz CT molecular complexity index is 995. The number of benzene rings is 3. The molecule has 4 rings (SSSR count). The maximum absolute atomic E-state index is 12.9. The Labute approximate surface area is 182 Å². The fourth-order valence-electron chi connectivity index (χ4n) is 6.31. The van der Waals surface area contributed by atoms with Crippen LogP contribution >= 0.6 is 0 Å². The van der Waals surface area contributed by atoms with E-state index in [0.717, 1.165) is 0 Å². The van der Waals surface area contributed by atoms with E-state index < -0.39 is 8.32 Å². The second-order valence-corrected chi connectivity index (χ2v) is 12.8. The van der Waals surface area contributed by atoms with Crippen molar-refractivity contribution in [1.29, 1.82) is 0 Å². The molecule has 3 aromatic carbocycles. The predicted octanol–water partition coefficient (Wildman–Crippen LogP) is 5.39. The van der Waals surface area contributed by atoms with Crippen LogP contribution in [-0.2, 0) is 0 Å². The average molecular weight is 415 g/mol. The van der Waals surface area contributed by atoms with E-state index in [1.165, 1.54) is 49.3 Å². The Kier molecular flexibility index (Phi) is 5.28. The van der Waals surface area contributed by atoms with Crippen LogP contribution in [0.4, 0.5) is 0 Å². The average Bonchev–Trinajstić information content (AvgIpc) is 3.32. The van der Waals surface area contributed by atoms with Gasteiger partial charge >= 0.3 is 0 Å². The molecule has 0 amide bonds. The molecule has 0 spiro atoms. The molecule has 30 heavy (non-hydrogen) atoms. The summed E-state index contributed by atoms with van der Waals surface area (Å²) in [7, 11) is -3.00. The zero-order valence-corrected chi connectivity index (χ0v) is 20.4. The molecule has 0 unspecified atom stereocenters. The Morgan fingerprint density at radius 1 is 0.667 bits per heavy atom. The molecule has 1 saturated carbocycles. The van der Waals surface area contributed by atoms with E-state index in [-0.39, 0.29) is 0 Å². The molecule has 3 atom stereocenters. The summed E-state index contributed by atoms with van der Waals surface area (Å²) in [6, 6.07) is 19.8. The fraction of sp³-hybridized carbons (Fsp3) is 0.357. The van der Waals surface area contributed by atoms with Crippen LogP contribution in [-0.4, -0.2) is 13.1 Å². The normalized spacial score (nSPS) is 21.0. The highest BCUT2D eigenvalue weighted by atomic mass is 28.4. The molecule has 1 aliphatic carbocycles. The van der Waals surface area contributed by atoms with E-state index in [2.05, 4.69) is 103 Å². The number of rotatable bonds is 4. The Balaban J connectivity index is 1.99. The summed E-state index contributed by atoms with van der Waals surface area (Å²) < 4.78 is 0. The van der Waals surface area contributed by atoms with Gasteiger partial charge in [0, 0.05) is 0 Å². The van der Waals surface area contributed by atoms with Gasteiger partial charge in [-0.1, -0.05) is 72.6 Å². The van der Waals surface area contributed by atoms with E-state index in [1.807, 2.05) is 0 Å². The van der Waals surface area contributed by atoms with E-state index >= 15 is 0 Å². The highest BCUT2D eigenvalue weighted by Crippen LogP contribution is 2.63. The highest BCUT2D eigenvalue weighted by molar-refractivity contribution is 6.99. The number of aryl methyl sites for hydroxylation is 6. The van der Waals surface area contributed by atoms with Gasteiger partial charge in [0.05, 0.1) is 0 Å². The van der Waals surface area contributed by atoms with Crippen LogP contribution in [0, 0.1) is 47.5 Å². The van der Waals surface area contributed by atoms with Crippen molar-refractivity contribution in [3.05, 3.63) is 93.5 Å². The minimum atomic E-state index is -3.00. The lowest BCUT2D eigenvalue weighted by atomic mass is 10.1. The standard InChI is InChI=1S/C28H34OSi/c1-17-13-19(3)26(20(4)14-17)30(29,27-21(5)15-18(2)16-22(27)6)28-23(7)25(28)24-11-9-8-10-12-24/h8-16,23,25,28-29H,1-7H3/t23-,25-,28+/m1/s1. The lowest BCUT2D eigenvalue weighted by molar-refractivity contribution is 0.557. The molecule has 3 aromatic rings. The van der Waals surface area contributed by atoms with Crippen LogP contribution in [0.2, 0.25) is 5.54 Å². The first-order valence-corrected chi connectivity index (χ1v) is 13.1. The van der Waals surface area contributed by atoms with Crippen LogP contribution in [0.1, 0.15) is 51.8 Å². The quantitative estimate of drug-likeness (QED) is 0.567. The smallest absolute Gasteiger partial charge is 0.257 e. The zero-order chi connectivity index (χ0) is 21.8. The van der Waals surface area contributed by atoms with E-state index in [9.17, 15) is 4.80 Å². The van der Waals surface area contributed by atoms with Gasteiger partial charge in [0.1, 0.15) is 0 Å². The summed E-state index contributed by atoms with van der Waals surface area (Å²) in [6.45, 7) is 15.4. The molecule has 1 aliphatic rings. The van der Waals surface area contributed by atoms with Gasteiger partial charge < -0.3 is 4.80 Å². The zero-order valence-electron chi connectivity index (χ0n) is 19.4. The Morgan fingerprint density at radius 3 is 1.47 bits per heavy atom. The van der Waals surface area contributed by atoms with Crippen molar-refractivity contribution in [1.82, 2.24) is 0 Å². The monoisotopic (exact) mass is 414 g/mol. The summed E-state index contributed by atoms with van der Waals surface area (Å²) in [5.41, 5.74) is 9.17. The van der Waals surface area contributed by atoms with Crippen LogP contribution in [0.25, 0.3) is 0 Å². The lowest BCUT2D eigenvalue weighted by Gasteiger charge is -2.33. The van der Waals surface area contributed by atoms with Crippen molar-refractivity contribution in [3.63, 3.8) is 0 Å². The number of hydrogen-bond acceptors (Lipinski definition) is 1. The summed E-state index contributed by atoms with van der Waals surface area (Å²) in [5.74, 6) is 0.896. The van der Waals surface area contributed by atoms with Crippen molar-refractivity contribution in [3.8, 4) is 0 Å². The number of hydrogen-bond donors (Lipinski definition) is 1. The van der Waals surface area contributed by atoms with Crippen LogP contribution in [0.3, 0.4) is 0 Å². The molecule has 0 bridgehead atoms. The van der Waals surface area contributed by atoms with E-state index in [4.69, 9.17) is 0 Å². The third-order valence-electron chi connectivity index (χ3n) is 7.16. The molecule has 2 heteroatoms. The highest BCUT2D eigenvalue weighted by Gasteiger charge is 2.63. The predicted molar refractivity (Wildman–Crippen MR) is 131 cm³/mol. The summed E-state index contributed by atoms with van der Waals surface area (Å²) in [5, 5.41) is 2.47. The molecular weight excluding hydrogens is 380 g/mol. The van der Waals surface area contributed by atoms with Gasteiger partial charge in [-0.05, 0) is 97.1 Å². The first-order valence-electron chi connectivity index (χ1n) is 11.1. The molecule has 0 heterocycles. The van der Waals surface area contributed by atoms with E-state index in [0.29, 0.717) is 17.4 Å². The fourth-order valence-corrected chi connectivity index (χ4v) is 11.8. The van der Waals surface area contributed by atoms with Crippen molar-refractivity contribution in [2.75, 3.05) is 0 Å². The molecule has 0 radical (unpaired) electrons. The van der Waals surface area contributed by atoms with Crippen molar-refractivity contribution in [2.45, 2.75) is 59.9 Å². The molecule has 0 aromatic heterocycles. The molecule has 0 saturated heterocycles. The third-order valence-corrected chi connectivity index (χ3v) is 12.1. The van der Waals surface area contributed by atoms with Gasteiger partial charge in [0.25, 0.3) is 8.32 Å². The summed E-state index contributed by atoms with van der Waals surface area (Å²) in [6.07, 6.45) is 0. The first-order chi connectivity index (χ1) is 14.2. The van der Waals surface area contributed by atoms with Gasteiger partial charge in [0.2, 0.25) is 0 Å². The van der Waals surface area contributed by atoms with Gasteiger partial charge in [-0.3, -0.25) is 0 Å². The van der Waals surface area contributed by atoms with Gasteiger partial charge in [0.15, 0.2) is 0 Å². The minimum Gasteiger partial charge on any atom is -0.424 e. The molecule has 0 aliphatic heterocycles. The minimum absolute atomic E-state index is 0.292. The Morgan fingerprint density at radius 2 is 1.07 bits per heavy atom. The van der Waals surface area contributed by atoms with Crippen molar-refractivity contribution in [2.24, 2.45) is 5.92 Å². The molecule has 1 N–H and O–H groups in total. The molecule has 1 fully saturated rings. The first kappa shape index (κ1) is 21.1. The SMILES string of the molecule is Cc1cc(C)c([Si](O)(c2c(C)cc(C)cc2C)[C@H]2[C@H](C)[C@@H]2c2ccccc2)c(C)c1. The maximum atomic E-state index is 12.9. The van der Waals surface area contributed by atoms with Gasteiger partial charge in [-0.2, -0.15) is 0 Å². The summed E-state index contributed by atoms with van der Waals surface area (Å²) >= 11 is 0. The second-order valence-electron chi connectivity index (χ2n) is 9.64. The van der Waals surface area contributed by atoms with Crippen molar-refractivity contribution < 1.29 is 4.80 Å². The van der Waals surface area contributed by atoms with Gasteiger partial charge in [-0.25, -0.2) is 0 Å². The van der Waals surface area contributed by atoms with Crippen LogP contribution in [0.5, 0.6) is 0 Å². The topological polar surface area (TPSA) is 20.2 Å². The lowest BCUT2D eigenvalue weighted by Crippen LogP contribution is -2.63. The van der Waals surface area contributed by atoms with Crippen LogP contribution in [0.15, 0.2) is 54.6 Å². The second kappa shape index (κ2) is 7.51. The van der Waals surface area contributed by atoms with E-state index in [1.54, 1.807) is 0 Å². The largest absolute Gasteiger partial charge is 0.424 e. The Hall–Kier alpha value is -2.16. The van der Waals surface area contributed by atoms with Crippen LogP contribution < -0.4 is 10.4 Å². The summed E-state index contributed by atoms with van der Waals surface area (Å²) in [4.78, 5) is 12.9. The van der Waals surface area contributed by atoms with Gasteiger partial charge in [-0.15, -0.1) is 0 Å². The molecule has 156 valence electrons. The molecular formula is C28H34OSi. The van der Waals surface area contributed by atoms with Crippen molar-refractivity contribution >= 4 is 18.7 Å².